The largest absolute Gasteiger partial charge is 0.330 e. The Balaban J connectivity index is 2.96. The summed E-state index contributed by atoms with van der Waals surface area (Å²) in [6.07, 6.45) is 0.903. The summed E-state index contributed by atoms with van der Waals surface area (Å²) < 4.78 is 24.9. The number of rotatable bonds is 5. The van der Waals surface area contributed by atoms with Gasteiger partial charge in [0.05, 0.1) is 4.90 Å². The Kier molecular flexibility index (Phi) is 4.68. The first-order valence-corrected chi connectivity index (χ1v) is 7.06. The topological polar surface area (TPSA) is 63.4 Å². The Morgan fingerprint density at radius 2 is 1.76 bits per heavy atom. The monoisotopic (exact) mass is 256 g/mol. The van der Waals surface area contributed by atoms with Crippen molar-refractivity contribution in [3.8, 4) is 0 Å². The summed E-state index contributed by atoms with van der Waals surface area (Å²) in [5, 5.41) is 0. The Bertz CT molecular complexity index is 452. The molecule has 0 amide bonds. The van der Waals surface area contributed by atoms with Gasteiger partial charge in [-0.15, -0.1) is 0 Å². The fraction of sp³-hybridized carbons (Fsp3) is 0.500. The van der Waals surface area contributed by atoms with Crippen molar-refractivity contribution >= 4 is 10.0 Å². The maximum Gasteiger partial charge on any atom is 0.242 e. The third-order valence-corrected chi connectivity index (χ3v) is 4.66. The number of nitrogens with zero attached hydrogens (tertiary/aromatic N) is 1. The molecule has 2 N–H and O–H groups in total. The van der Waals surface area contributed by atoms with Crippen molar-refractivity contribution in [2.45, 2.75) is 24.2 Å². The molecule has 1 atom stereocenters. The van der Waals surface area contributed by atoms with Crippen molar-refractivity contribution in [3.63, 3.8) is 0 Å². The summed E-state index contributed by atoms with van der Waals surface area (Å²) >= 11 is 0. The van der Waals surface area contributed by atoms with E-state index >= 15 is 0 Å². The molecule has 5 heteroatoms. The number of hydrogen-bond acceptors (Lipinski definition) is 3. The number of benzene rings is 1. The summed E-state index contributed by atoms with van der Waals surface area (Å²) in [7, 11) is -0.267. The predicted octanol–water partition coefficient (Wildman–Crippen LogP) is 1.39. The summed E-state index contributed by atoms with van der Waals surface area (Å²) in [6, 6.07) is 7.02. The lowest BCUT2D eigenvalue weighted by Crippen LogP contribution is -2.22. The highest BCUT2D eigenvalue weighted by Crippen LogP contribution is 2.21. The van der Waals surface area contributed by atoms with Crippen LogP contribution in [0.1, 0.15) is 24.8 Å². The van der Waals surface area contributed by atoms with Crippen LogP contribution in [0.15, 0.2) is 29.2 Å². The van der Waals surface area contributed by atoms with Gasteiger partial charge in [0, 0.05) is 14.1 Å². The van der Waals surface area contributed by atoms with E-state index in [2.05, 4.69) is 6.92 Å². The van der Waals surface area contributed by atoms with Gasteiger partial charge in [0.15, 0.2) is 0 Å². The van der Waals surface area contributed by atoms with Crippen LogP contribution >= 0.6 is 0 Å². The maximum atomic E-state index is 11.8. The van der Waals surface area contributed by atoms with Gasteiger partial charge in [-0.25, -0.2) is 12.7 Å². The molecular weight excluding hydrogens is 236 g/mol. The van der Waals surface area contributed by atoms with E-state index in [1.807, 2.05) is 12.1 Å². The van der Waals surface area contributed by atoms with E-state index in [9.17, 15) is 8.42 Å². The van der Waals surface area contributed by atoms with Crippen molar-refractivity contribution < 1.29 is 8.42 Å². The van der Waals surface area contributed by atoms with E-state index in [1.165, 1.54) is 18.4 Å². The van der Waals surface area contributed by atoms with Crippen LogP contribution in [-0.4, -0.2) is 33.4 Å². The first-order chi connectivity index (χ1) is 7.89. The SMILES string of the molecule is CC(CCN)c1ccc(S(=O)(=O)N(C)C)cc1. The zero-order valence-corrected chi connectivity index (χ0v) is 11.4. The molecular formula is C12H20N2O2S. The van der Waals surface area contributed by atoms with Gasteiger partial charge in [0.25, 0.3) is 0 Å². The molecule has 0 heterocycles. The standard InChI is InChI=1S/C12H20N2O2S/c1-10(8-9-13)11-4-6-12(7-5-11)17(15,16)14(2)3/h4-7,10H,8-9,13H2,1-3H3. The summed E-state index contributed by atoms with van der Waals surface area (Å²) in [5.74, 6) is 0.358. The van der Waals surface area contributed by atoms with Crippen LogP contribution in [0.4, 0.5) is 0 Å². The molecule has 0 saturated carbocycles. The molecule has 0 saturated heterocycles. The van der Waals surface area contributed by atoms with E-state index < -0.39 is 10.0 Å². The first-order valence-electron chi connectivity index (χ1n) is 5.62. The van der Waals surface area contributed by atoms with Crippen LogP contribution in [0.2, 0.25) is 0 Å². The fourth-order valence-electron chi connectivity index (χ4n) is 1.60. The molecule has 96 valence electrons. The number of nitrogens with two attached hydrogens (primary N) is 1. The third-order valence-electron chi connectivity index (χ3n) is 2.83. The van der Waals surface area contributed by atoms with E-state index in [-0.39, 0.29) is 0 Å². The van der Waals surface area contributed by atoms with Gasteiger partial charge in [-0.3, -0.25) is 0 Å². The van der Waals surface area contributed by atoms with Crippen LogP contribution in [0, 0.1) is 0 Å². The van der Waals surface area contributed by atoms with Gasteiger partial charge in [-0.2, -0.15) is 0 Å². The molecule has 1 unspecified atom stereocenters. The minimum Gasteiger partial charge on any atom is -0.330 e. The molecule has 4 nitrogen and oxygen atoms in total. The summed E-state index contributed by atoms with van der Waals surface area (Å²) in [4.78, 5) is 0.325. The van der Waals surface area contributed by atoms with Crippen molar-refractivity contribution in [1.29, 1.82) is 0 Å². The van der Waals surface area contributed by atoms with Crippen LogP contribution in [-0.2, 0) is 10.0 Å². The highest BCUT2D eigenvalue weighted by Gasteiger charge is 2.17. The minimum atomic E-state index is -3.32. The average Bonchev–Trinajstić information content (AvgIpc) is 2.29. The quantitative estimate of drug-likeness (QED) is 0.866. The van der Waals surface area contributed by atoms with Crippen LogP contribution in [0.3, 0.4) is 0 Å². The van der Waals surface area contributed by atoms with Crippen LogP contribution < -0.4 is 5.73 Å². The second-order valence-electron chi connectivity index (χ2n) is 4.33. The second-order valence-corrected chi connectivity index (χ2v) is 6.49. The molecule has 17 heavy (non-hydrogen) atoms. The normalized spacial score (nSPS) is 13.9. The molecule has 0 aromatic heterocycles. The molecule has 0 radical (unpaired) electrons. The van der Waals surface area contributed by atoms with Crippen molar-refractivity contribution in [1.82, 2.24) is 4.31 Å². The Morgan fingerprint density at radius 1 is 1.24 bits per heavy atom. The molecule has 0 aliphatic carbocycles. The lowest BCUT2D eigenvalue weighted by molar-refractivity contribution is 0.520. The van der Waals surface area contributed by atoms with Gasteiger partial charge in [-0.1, -0.05) is 19.1 Å². The Labute approximate surface area is 103 Å². The van der Waals surface area contributed by atoms with Crippen molar-refractivity contribution in [2.75, 3.05) is 20.6 Å². The van der Waals surface area contributed by atoms with Crippen molar-refractivity contribution in [2.24, 2.45) is 5.73 Å². The van der Waals surface area contributed by atoms with Crippen molar-refractivity contribution in [3.05, 3.63) is 29.8 Å². The van der Waals surface area contributed by atoms with Gasteiger partial charge in [-0.05, 0) is 36.6 Å². The summed E-state index contributed by atoms with van der Waals surface area (Å²) in [6.45, 7) is 2.72. The number of hydrogen-bond donors (Lipinski definition) is 1. The van der Waals surface area contributed by atoms with Gasteiger partial charge >= 0.3 is 0 Å². The second kappa shape index (κ2) is 5.62. The molecule has 0 spiro atoms. The van der Waals surface area contributed by atoms with E-state index in [0.29, 0.717) is 17.4 Å². The highest BCUT2D eigenvalue weighted by molar-refractivity contribution is 7.89. The first kappa shape index (κ1) is 14.2. The fourth-order valence-corrected chi connectivity index (χ4v) is 2.50. The van der Waals surface area contributed by atoms with Crippen LogP contribution in [0.5, 0.6) is 0 Å². The Hall–Kier alpha value is -0.910. The zero-order chi connectivity index (χ0) is 13.1. The van der Waals surface area contributed by atoms with E-state index in [4.69, 9.17) is 5.73 Å². The average molecular weight is 256 g/mol. The summed E-state index contributed by atoms with van der Waals surface area (Å²) in [5.41, 5.74) is 6.62. The van der Waals surface area contributed by atoms with Gasteiger partial charge < -0.3 is 5.73 Å². The molecule has 0 fully saturated rings. The molecule has 0 aliphatic rings. The number of sulfonamides is 1. The molecule has 1 rings (SSSR count). The minimum absolute atomic E-state index is 0.325. The van der Waals surface area contributed by atoms with E-state index in [0.717, 1.165) is 12.0 Å². The Morgan fingerprint density at radius 3 is 2.18 bits per heavy atom. The lowest BCUT2D eigenvalue weighted by Gasteiger charge is -2.14. The van der Waals surface area contributed by atoms with Gasteiger partial charge in [0.1, 0.15) is 0 Å². The van der Waals surface area contributed by atoms with Crippen LogP contribution in [0.25, 0.3) is 0 Å². The predicted molar refractivity (Wildman–Crippen MR) is 69.4 cm³/mol. The molecule has 0 aliphatic heterocycles. The molecule has 1 aromatic rings. The maximum absolute atomic E-state index is 11.8. The lowest BCUT2D eigenvalue weighted by atomic mass is 9.98. The highest BCUT2D eigenvalue weighted by atomic mass is 32.2. The third kappa shape index (κ3) is 3.28. The zero-order valence-electron chi connectivity index (χ0n) is 10.6. The van der Waals surface area contributed by atoms with E-state index in [1.54, 1.807) is 12.1 Å². The molecule has 1 aromatic carbocycles. The smallest absolute Gasteiger partial charge is 0.242 e. The molecule has 0 bridgehead atoms. The van der Waals surface area contributed by atoms with Gasteiger partial charge in [0.2, 0.25) is 10.0 Å².